The van der Waals surface area contributed by atoms with Crippen LogP contribution >= 0.6 is 15.9 Å². The molecule has 0 amide bonds. The number of para-hydroxylation sites is 4. The van der Waals surface area contributed by atoms with Gasteiger partial charge in [-0.15, -0.1) is 0 Å². The lowest BCUT2D eigenvalue weighted by molar-refractivity contribution is -0.104. The lowest BCUT2D eigenvalue weighted by atomic mass is 10.2. The minimum Gasteiger partial charge on any atom is -0.359 e. The quantitative estimate of drug-likeness (QED) is 0.672. The average molecular weight is 395 g/mol. The lowest BCUT2D eigenvalue weighted by Crippen LogP contribution is -1.96. The Labute approximate surface area is 154 Å². The molecule has 6 heteroatoms. The van der Waals surface area contributed by atoms with E-state index in [2.05, 4.69) is 36.5 Å². The maximum absolute atomic E-state index is 11.3. The van der Waals surface area contributed by atoms with Gasteiger partial charge in [0.05, 0.1) is 27.2 Å². The van der Waals surface area contributed by atoms with Crippen LogP contribution in [0.15, 0.2) is 81.0 Å². The van der Waals surface area contributed by atoms with Crippen LogP contribution in [0.3, 0.4) is 0 Å². The molecule has 3 rings (SSSR count). The summed E-state index contributed by atoms with van der Waals surface area (Å²) in [6.45, 7) is 0. The first-order chi connectivity index (χ1) is 12.3. The summed E-state index contributed by atoms with van der Waals surface area (Å²) in [5.41, 5.74) is 3.50. The van der Waals surface area contributed by atoms with Crippen molar-refractivity contribution in [3.63, 3.8) is 0 Å². The van der Waals surface area contributed by atoms with Crippen molar-refractivity contribution in [3.05, 3.63) is 71.0 Å². The zero-order chi connectivity index (χ0) is 17.5. The number of benzene rings is 2. The normalized spacial score (nSPS) is 18.1. The van der Waals surface area contributed by atoms with E-state index in [9.17, 15) is 4.79 Å². The molecule has 2 N–H and O–H groups in total. The van der Waals surface area contributed by atoms with Gasteiger partial charge in [-0.2, -0.15) is 0 Å². The summed E-state index contributed by atoms with van der Waals surface area (Å²) < 4.78 is 0.780. The highest BCUT2D eigenvalue weighted by Gasteiger charge is 2.02. The van der Waals surface area contributed by atoms with Crippen LogP contribution in [-0.2, 0) is 4.79 Å². The molecule has 0 saturated carbocycles. The third-order valence-corrected chi connectivity index (χ3v) is 3.82. The fraction of sp³-hybridized carbons (Fsp3) is 0. The van der Waals surface area contributed by atoms with Crippen molar-refractivity contribution in [2.24, 2.45) is 9.98 Å². The van der Waals surface area contributed by atoms with E-state index in [0.29, 0.717) is 5.57 Å². The van der Waals surface area contributed by atoms with Crippen LogP contribution < -0.4 is 10.6 Å². The Morgan fingerprint density at radius 2 is 1.36 bits per heavy atom. The SMILES string of the molecule is O=C/C1=C/Nc2ccccc2N=C/C(Br)=C\Nc2ccccc2N=C1. The van der Waals surface area contributed by atoms with Gasteiger partial charge >= 0.3 is 0 Å². The summed E-state index contributed by atoms with van der Waals surface area (Å²) in [5, 5.41) is 6.29. The van der Waals surface area contributed by atoms with Crippen molar-refractivity contribution < 1.29 is 4.79 Å². The second-order valence-electron chi connectivity index (χ2n) is 5.13. The highest BCUT2D eigenvalue weighted by atomic mass is 79.9. The smallest absolute Gasteiger partial charge is 0.153 e. The summed E-state index contributed by atoms with van der Waals surface area (Å²) in [7, 11) is 0. The standard InChI is InChI=1S/C19H15BrN4O/c20-15-11-23-18-7-3-1-5-16(18)21-9-14(13-25)10-22-17-6-2-4-8-19(17)24-12-15/h1-13,21,24H/b14-9+,15-12+,22-10?,23-11?. The molecule has 25 heavy (non-hydrogen) atoms. The number of nitrogens with zero attached hydrogens (tertiary/aromatic N) is 2. The summed E-state index contributed by atoms with van der Waals surface area (Å²) in [6.07, 6.45) is 7.38. The number of fused-ring (bicyclic) bond motifs is 2. The van der Waals surface area contributed by atoms with E-state index >= 15 is 0 Å². The number of hydrogen-bond acceptors (Lipinski definition) is 5. The van der Waals surface area contributed by atoms with Crippen molar-refractivity contribution in [1.82, 2.24) is 0 Å². The molecule has 0 radical (unpaired) electrons. The Hall–Kier alpha value is -2.99. The van der Waals surface area contributed by atoms with Gasteiger partial charge in [0.25, 0.3) is 0 Å². The second-order valence-corrected chi connectivity index (χ2v) is 6.05. The third kappa shape index (κ3) is 4.51. The highest BCUT2D eigenvalue weighted by Crippen LogP contribution is 2.27. The van der Waals surface area contributed by atoms with Crippen LogP contribution in [0.2, 0.25) is 0 Å². The molecule has 2 aromatic carbocycles. The molecule has 0 atom stereocenters. The molecule has 1 heterocycles. The van der Waals surface area contributed by atoms with Crippen LogP contribution in [0.4, 0.5) is 22.7 Å². The Kier molecular flexibility index (Phi) is 5.53. The van der Waals surface area contributed by atoms with Gasteiger partial charge in [-0.3, -0.25) is 14.8 Å². The van der Waals surface area contributed by atoms with E-state index in [1.54, 1.807) is 18.6 Å². The van der Waals surface area contributed by atoms with Crippen molar-refractivity contribution in [3.8, 4) is 0 Å². The molecule has 0 aliphatic carbocycles. The molecule has 124 valence electrons. The molecule has 1 aliphatic rings. The minimum atomic E-state index is 0.419. The third-order valence-electron chi connectivity index (χ3n) is 3.38. The number of carbonyl (C=O) groups is 1. The largest absolute Gasteiger partial charge is 0.359 e. The van der Waals surface area contributed by atoms with E-state index in [1.165, 1.54) is 6.21 Å². The summed E-state index contributed by atoms with van der Waals surface area (Å²) in [6, 6.07) is 15.1. The molecule has 0 aromatic heterocycles. The highest BCUT2D eigenvalue weighted by molar-refractivity contribution is 9.12. The Bertz CT molecular complexity index is 900. The number of rotatable bonds is 1. The first-order valence-electron chi connectivity index (χ1n) is 7.56. The Balaban J connectivity index is 2.06. The molecule has 0 saturated heterocycles. The molecule has 0 bridgehead atoms. The van der Waals surface area contributed by atoms with Crippen molar-refractivity contribution in [2.75, 3.05) is 10.6 Å². The first-order valence-corrected chi connectivity index (χ1v) is 8.36. The fourth-order valence-corrected chi connectivity index (χ4v) is 2.36. The zero-order valence-corrected chi connectivity index (χ0v) is 14.8. The van der Waals surface area contributed by atoms with Gasteiger partial charge < -0.3 is 10.6 Å². The monoisotopic (exact) mass is 394 g/mol. The van der Waals surface area contributed by atoms with Crippen molar-refractivity contribution in [1.29, 1.82) is 0 Å². The minimum absolute atomic E-state index is 0.419. The fourth-order valence-electron chi connectivity index (χ4n) is 2.14. The number of hydrogen-bond donors (Lipinski definition) is 2. The van der Waals surface area contributed by atoms with E-state index in [4.69, 9.17) is 0 Å². The molecular formula is C19H15BrN4O. The lowest BCUT2D eigenvalue weighted by Gasteiger charge is -2.07. The van der Waals surface area contributed by atoms with Gasteiger partial charge in [-0.1, -0.05) is 24.3 Å². The van der Waals surface area contributed by atoms with E-state index in [1.807, 2.05) is 48.5 Å². The molecular weight excluding hydrogens is 380 g/mol. The van der Waals surface area contributed by atoms with Crippen LogP contribution in [0.25, 0.3) is 0 Å². The predicted octanol–water partition coefficient (Wildman–Crippen LogP) is 4.95. The zero-order valence-electron chi connectivity index (χ0n) is 13.2. The van der Waals surface area contributed by atoms with Gasteiger partial charge in [-0.05, 0) is 40.2 Å². The van der Waals surface area contributed by atoms with E-state index in [-0.39, 0.29) is 0 Å². The molecule has 2 aromatic rings. The van der Waals surface area contributed by atoms with Crippen LogP contribution in [0.5, 0.6) is 0 Å². The summed E-state index contributed by atoms with van der Waals surface area (Å²) in [4.78, 5) is 20.2. The number of nitrogens with one attached hydrogen (secondary N) is 2. The second kappa shape index (κ2) is 8.21. The number of halogens is 1. The Morgan fingerprint density at radius 3 is 2.00 bits per heavy atom. The van der Waals surface area contributed by atoms with Crippen molar-refractivity contribution in [2.45, 2.75) is 0 Å². The van der Waals surface area contributed by atoms with Crippen LogP contribution in [-0.4, -0.2) is 18.7 Å². The van der Waals surface area contributed by atoms with Crippen LogP contribution in [0, 0.1) is 0 Å². The number of aliphatic imine (C=N–C) groups is 2. The number of allylic oxidation sites excluding steroid dienone is 2. The van der Waals surface area contributed by atoms with Crippen molar-refractivity contribution >= 4 is 57.4 Å². The first kappa shape index (κ1) is 16.9. The number of carbonyl (C=O) groups excluding carboxylic acids is 1. The molecule has 0 unspecified atom stereocenters. The Morgan fingerprint density at radius 1 is 0.800 bits per heavy atom. The summed E-state index contributed by atoms with van der Waals surface area (Å²) >= 11 is 3.47. The molecule has 0 fully saturated rings. The van der Waals surface area contributed by atoms with E-state index in [0.717, 1.165) is 33.5 Å². The van der Waals surface area contributed by atoms with E-state index < -0.39 is 0 Å². The number of anilines is 2. The van der Waals surface area contributed by atoms with Crippen LogP contribution in [0.1, 0.15) is 0 Å². The summed E-state index contributed by atoms with van der Waals surface area (Å²) in [5.74, 6) is 0. The van der Waals surface area contributed by atoms with Gasteiger partial charge in [0.1, 0.15) is 0 Å². The molecule has 1 aliphatic heterocycles. The number of aldehydes is 1. The predicted molar refractivity (Wildman–Crippen MR) is 108 cm³/mol. The van der Waals surface area contributed by atoms with Gasteiger partial charge in [0, 0.05) is 30.4 Å². The van der Waals surface area contributed by atoms with Gasteiger partial charge in [0.15, 0.2) is 6.29 Å². The van der Waals surface area contributed by atoms with Gasteiger partial charge in [0.2, 0.25) is 0 Å². The average Bonchev–Trinajstić information content (AvgIpc) is 2.65. The molecule has 0 spiro atoms. The van der Waals surface area contributed by atoms with Gasteiger partial charge in [-0.25, -0.2) is 0 Å². The molecule has 5 nitrogen and oxygen atoms in total. The maximum Gasteiger partial charge on any atom is 0.153 e. The maximum atomic E-state index is 11.3. The topological polar surface area (TPSA) is 65.8 Å².